The molecule has 0 aliphatic carbocycles. The first-order chi connectivity index (χ1) is 10.6. The summed E-state index contributed by atoms with van der Waals surface area (Å²) in [5.74, 6) is -0.385. The number of carbonyl (C=O) groups is 3. The Labute approximate surface area is 132 Å². The number of hydrogen-bond donors (Lipinski definition) is 1. The van der Waals surface area contributed by atoms with Gasteiger partial charge in [-0.3, -0.25) is 14.4 Å². The molecule has 0 radical (unpaired) electrons. The van der Waals surface area contributed by atoms with Crippen molar-refractivity contribution in [1.29, 1.82) is 0 Å². The molecule has 0 aromatic carbocycles. The lowest BCUT2D eigenvalue weighted by Crippen LogP contribution is -2.57. The monoisotopic (exact) mass is 321 g/mol. The van der Waals surface area contributed by atoms with Crippen LogP contribution in [0.15, 0.2) is 17.5 Å². The number of nitrogens with two attached hydrogens (primary N) is 1. The Morgan fingerprint density at radius 2 is 1.77 bits per heavy atom. The maximum Gasteiger partial charge on any atom is 0.263 e. The lowest BCUT2D eigenvalue weighted by atomic mass is 9.93. The second-order valence-corrected chi connectivity index (χ2v) is 6.83. The van der Waals surface area contributed by atoms with Crippen LogP contribution in [0.2, 0.25) is 0 Å². The van der Waals surface area contributed by atoms with E-state index < -0.39 is 0 Å². The van der Waals surface area contributed by atoms with Gasteiger partial charge in [-0.05, 0) is 24.3 Å². The van der Waals surface area contributed by atoms with E-state index in [1.807, 2.05) is 11.4 Å². The number of likely N-dealkylation sites (tertiary alicyclic amines) is 2. The van der Waals surface area contributed by atoms with Gasteiger partial charge >= 0.3 is 0 Å². The van der Waals surface area contributed by atoms with Crippen LogP contribution < -0.4 is 5.73 Å². The van der Waals surface area contributed by atoms with Gasteiger partial charge in [0.15, 0.2) is 0 Å². The first-order valence-electron chi connectivity index (χ1n) is 7.47. The zero-order valence-electron chi connectivity index (χ0n) is 12.2. The van der Waals surface area contributed by atoms with Crippen molar-refractivity contribution in [3.63, 3.8) is 0 Å². The summed E-state index contributed by atoms with van der Waals surface area (Å²) in [5, 5.41) is 1.87. The van der Waals surface area contributed by atoms with Crippen LogP contribution in [0, 0.1) is 11.8 Å². The van der Waals surface area contributed by atoms with Gasteiger partial charge in [0.05, 0.1) is 10.8 Å². The highest BCUT2D eigenvalue weighted by Crippen LogP contribution is 2.25. The maximum atomic E-state index is 12.4. The van der Waals surface area contributed by atoms with Crippen LogP contribution >= 0.6 is 11.3 Å². The molecule has 0 spiro atoms. The van der Waals surface area contributed by atoms with Crippen LogP contribution in [0.3, 0.4) is 0 Å². The predicted octanol–water partition coefficient (Wildman–Crippen LogP) is 0.544. The molecule has 1 aromatic heterocycles. The van der Waals surface area contributed by atoms with E-state index in [2.05, 4.69) is 0 Å². The highest BCUT2D eigenvalue weighted by molar-refractivity contribution is 7.12. The fourth-order valence-electron chi connectivity index (χ4n) is 3.00. The molecule has 3 heterocycles. The number of carbonyl (C=O) groups excluding carboxylic acids is 3. The lowest BCUT2D eigenvalue weighted by molar-refractivity contribution is -0.142. The van der Waals surface area contributed by atoms with Crippen LogP contribution in [0.5, 0.6) is 0 Å². The smallest absolute Gasteiger partial charge is 0.263 e. The average Bonchev–Trinajstić information content (AvgIpc) is 2.99. The molecule has 7 heteroatoms. The van der Waals surface area contributed by atoms with Gasteiger partial charge in [0, 0.05) is 32.1 Å². The van der Waals surface area contributed by atoms with Crippen molar-refractivity contribution >= 4 is 29.1 Å². The zero-order valence-corrected chi connectivity index (χ0v) is 13.1. The van der Waals surface area contributed by atoms with Crippen LogP contribution in [-0.4, -0.2) is 53.7 Å². The van der Waals surface area contributed by atoms with E-state index in [0.29, 0.717) is 43.9 Å². The second kappa shape index (κ2) is 6.08. The van der Waals surface area contributed by atoms with Crippen molar-refractivity contribution in [2.75, 3.05) is 26.2 Å². The summed E-state index contributed by atoms with van der Waals surface area (Å²) in [7, 11) is 0. The van der Waals surface area contributed by atoms with E-state index in [0.717, 1.165) is 0 Å². The molecular formula is C15H19N3O3S. The van der Waals surface area contributed by atoms with Crippen molar-refractivity contribution in [2.24, 2.45) is 17.6 Å². The van der Waals surface area contributed by atoms with Crippen molar-refractivity contribution in [2.45, 2.75) is 12.8 Å². The standard InChI is InChI=1S/C15H19N3O3S/c16-13(19)10-3-5-17(6-4-10)14(20)11-8-18(9-11)15(21)12-2-1-7-22-12/h1-2,7,10-11H,3-6,8-9H2,(H2,16,19). The molecular weight excluding hydrogens is 302 g/mol. The van der Waals surface area contributed by atoms with Crippen molar-refractivity contribution < 1.29 is 14.4 Å². The highest BCUT2D eigenvalue weighted by atomic mass is 32.1. The molecule has 2 saturated heterocycles. The maximum absolute atomic E-state index is 12.4. The normalized spacial score (nSPS) is 19.8. The largest absolute Gasteiger partial charge is 0.369 e. The van der Waals surface area contributed by atoms with Crippen LogP contribution in [-0.2, 0) is 9.59 Å². The van der Waals surface area contributed by atoms with Crippen LogP contribution in [0.4, 0.5) is 0 Å². The molecule has 2 N–H and O–H groups in total. The molecule has 3 amide bonds. The summed E-state index contributed by atoms with van der Waals surface area (Å²) >= 11 is 1.42. The molecule has 0 saturated carbocycles. The molecule has 3 rings (SSSR count). The number of hydrogen-bond acceptors (Lipinski definition) is 4. The fraction of sp³-hybridized carbons (Fsp3) is 0.533. The fourth-order valence-corrected chi connectivity index (χ4v) is 3.69. The summed E-state index contributed by atoms with van der Waals surface area (Å²) < 4.78 is 0. The van der Waals surface area contributed by atoms with Gasteiger partial charge in [-0.25, -0.2) is 0 Å². The number of amides is 3. The van der Waals surface area contributed by atoms with Gasteiger partial charge in [0.25, 0.3) is 5.91 Å². The van der Waals surface area contributed by atoms with Crippen molar-refractivity contribution in [1.82, 2.24) is 9.80 Å². The van der Waals surface area contributed by atoms with Gasteiger partial charge in [-0.1, -0.05) is 6.07 Å². The Kier molecular flexibility index (Phi) is 4.15. The minimum absolute atomic E-state index is 0.00601. The molecule has 0 unspecified atom stereocenters. The SMILES string of the molecule is NC(=O)C1CCN(C(=O)C2CN(C(=O)c3cccs3)C2)CC1. The van der Waals surface area contributed by atoms with Gasteiger partial charge < -0.3 is 15.5 Å². The Morgan fingerprint density at radius 1 is 1.09 bits per heavy atom. The van der Waals surface area contributed by atoms with E-state index in [-0.39, 0.29) is 29.6 Å². The third kappa shape index (κ3) is 2.85. The van der Waals surface area contributed by atoms with Gasteiger partial charge in [-0.15, -0.1) is 11.3 Å². The van der Waals surface area contributed by atoms with E-state index in [1.54, 1.807) is 15.9 Å². The quantitative estimate of drug-likeness (QED) is 0.882. The third-order valence-electron chi connectivity index (χ3n) is 4.46. The topological polar surface area (TPSA) is 83.7 Å². The highest BCUT2D eigenvalue weighted by Gasteiger charge is 2.39. The van der Waals surface area contributed by atoms with E-state index in [9.17, 15) is 14.4 Å². The van der Waals surface area contributed by atoms with Crippen molar-refractivity contribution in [3.05, 3.63) is 22.4 Å². The summed E-state index contributed by atoms with van der Waals surface area (Å²) in [6.07, 6.45) is 1.29. The van der Waals surface area contributed by atoms with Crippen LogP contribution in [0.25, 0.3) is 0 Å². The van der Waals surface area contributed by atoms with Crippen LogP contribution in [0.1, 0.15) is 22.5 Å². The average molecular weight is 321 g/mol. The molecule has 6 nitrogen and oxygen atoms in total. The number of piperidine rings is 1. The molecule has 22 heavy (non-hydrogen) atoms. The summed E-state index contributed by atoms with van der Waals surface area (Å²) in [6.45, 7) is 2.15. The number of primary amides is 1. The van der Waals surface area contributed by atoms with E-state index in [1.165, 1.54) is 11.3 Å². The molecule has 2 aliphatic heterocycles. The first kappa shape index (κ1) is 15.0. The summed E-state index contributed by atoms with van der Waals surface area (Å²) in [4.78, 5) is 39.9. The van der Waals surface area contributed by atoms with Gasteiger partial charge in [0.2, 0.25) is 11.8 Å². The Morgan fingerprint density at radius 3 is 2.32 bits per heavy atom. The van der Waals surface area contributed by atoms with Gasteiger partial charge in [-0.2, -0.15) is 0 Å². The number of nitrogens with zero attached hydrogens (tertiary/aromatic N) is 2. The molecule has 1 aromatic rings. The Hall–Kier alpha value is -1.89. The zero-order chi connectivity index (χ0) is 15.7. The lowest BCUT2D eigenvalue weighted by Gasteiger charge is -2.41. The summed E-state index contributed by atoms with van der Waals surface area (Å²) in [5.41, 5.74) is 5.30. The molecule has 2 fully saturated rings. The van der Waals surface area contributed by atoms with Crippen molar-refractivity contribution in [3.8, 4) is 0 Å². The van der Waals surface area contributed by atoms with E-state index in [4.69, 9.17) is 5.73 Å². The molecule has 0 bridgehead atoms. The number of rotatable bonds is 3. The van der Waals surface area contributed by atoms with Gasteiger partial charge in [0.1, 0.15) is 0 Å². The number of thiophene rings is 1. The third-order valence-corrected chi connectivity index (χ3v) is 5.32. The summed E-state index contributed by atoms with van der Waals surface area (Å²) in [6, 6.07) is 3.65. The second-order valence-electron chi connectivity index (χ2n) is 5.89. The Balaban J connectivity index is 1.48. The first-order valence-corrected chi connectivity index (χ1v) is 8.35. The van der Waals surface area contributed by atoms with E-state index >= 15 is 0 Å². The molecule has 118 valence electrons. The minimum atomic E-state index is -0.275. The predicted molar refractivity (Wildman–Crippen MR) is 82.2 cm³/mol. The molecule has 0 atom stereocenters. The Bertz CT molecular complexity index is 573. The minimum Gasteiger partial charge on any atom is -0.369 e. The molecule has 2 aliphatic rings.